The number of fused-ring (bicyclic) bond motifs is 3. The average Bonchev–Trinajstić information content (AvgIpc) is 2.96. The minimum Gasteiger partial charge on any atom is -0.339 e. The normalized spacial score (nSPS) is 13.9. The number of hydrogen-bond acceptors (Lipinski definition) is 5. The molecule has 1 aromatic carbocycles. The average molecular weight is 370 g/mol. The van der Waals surface area contributed by atoms with E-state index >= 15 is 0 Å². The van der Waals surface area contributed by atoms with Crippen molar-refractivity contribution in [3.8, 4) is 0 Å². The Labute approximate surface area is 157 Å². The lowest BCUT2D eigenvalue weighted by atomic mass is 9.97. The fraction of sp³-hybridized carbons (Fsp3) is 0.400. The second-order valence-corrected chi connectivity index (χ2v) is 8.71. The van der Waals surface area contributed by atoms with E-state index in [9.17, 15) is 0 Å². The number of thioether (sulfide) groups is 1. The Morgan fingerprint density at radius 1 is 1.04 bits per heavy atom. The molecule has 130 valence electrons. The molecule has 0 radical (unpaired) electrons. The van der Waals surface area contributed by atoms with E-state index < -0.39 is 0 Å². The summed E-state index contributed by atoms with van der Waals surface area (Å²) in [6.45, 7) is 6.48. The first-order chi connectivity index (χ1) is 12.1. The van der Waals surface area contributed by atoms with Crippen LogP contribution in [-0.2, 0) is 12.8 Å². The molecule has 0 bridgehead atoms. The van der Waals surface area contributed by atoms with E-state index in [1.54, 1.807) is 11.8 Å². The van der Waals surface area contributed by atoms with Gasteiger partial charge in [-0.05, 0) is 69.4 Å². The number of nitrogens with zero attached hydrogens (tertiary/aromatic N) is 2. The third-order valence-corrected chi connectivity index (χ3v) is 6.63. The molecular formula is C20H23N3S2. The van der Waals surface area contributed by atoms with Gasteiger partial charge in [-0.25, -0.2) is 9.97 Å². The van der Waals surface area contributed by atoms with Crippen molar-refractivity contribution in [3.63, 3.8) is 0 Å². The van der Waals surface area contributed by atoms with Gasteiger partial charge in [0.2, 0.25) is 0 Å². The Morgan fingerprint density at radius 3 is 2.48 bits per heavy atom. The third kappa shape index (κ3) is 3.04. The fourth-order valence-electron chi connectivity index (χ4n) is 3.82. The van der Waals surface area contributed by atoms with E-state index in [1.165, 1.54) is 57.5 Å². The molecule has 25 heavy (non-hydrogen) atoms. The number of aryl methyl sites for hydroxylation is 5. The summed E-state index contributed by atoms with van der Waals surface area (Å²) in [6.07, 6.45) is 6.94. The lowest BCUT2D eigenvalue weighted by Gasteiger charge is -2.16. The Kier molecular flexibility index (Phi) is 4.46. The molecule has 3 aromatic rings. The van der Waals surface area contributed by atoms with Crippen molar-refractivity contribution in [2.75, 3.05) is 11.6 Å². The van der Waals surface area contributed by atoms with Crippen LogP contribution in [0.4, 0.5) is 11.5 Å². The zero-order valence-corrected chi connectivity index (χ0v) is 16.8. The smallest absolute Gasteiger partial charge is 0.190 e. The molecular weight excluding hydrogens is 346 g/mol. The first-order valence-electron chi connectivity index (χ1n) is 8.78. The van der Waals surface area contributed by atoms with E-state index in [4.69, 9.17) is 9.97 Å². The molecule has 2 aromatic heterocycles. The zero-order valence-electron chi connectivity index (χ0n) is 15.2. The summed E-state index contributed by atoms with van der Waals surface area (Å²) in [6, 6.07) is 4.46. The van der Waals surface area contributed by atoms with Crippen LogP contribution in [0.1, 0.15) is 40.0 Å². The second kappa shape index (κ2) is 6.61. The number of rotatable bonds is 3. The number of aromatic nitrogens is 2. The van der Waals surface area contributed by atoms with Gasteiger partial charge < -0.3 is 5.32 Å². The molecule has 1 aliphatic rings. The molecule has 4 rings (SSSR count). The molecule has 0 unspecified atom stereocenters. The highest BCUT2D eigenvalue weighted by molar-refractivity contribution is 7.98. The van der Waals surface area contributed by atoms with Gasteiger partial charge in [-0.15, -0.1) is 11.3 Å². The van der Waals surface area contributed by atoms with E-state index in [-0.39, 0.29) is 0 Å². The van der Waals surface area contributed by atoms with Crippen LogP contribution in [0.25, 0.3) is 10.2 Å². The van der Waals surface area contributed by atoms with E-state index in [0.29, 0.717) is 0 Å². The van der Waals surface area contributed by atoms with Crippen molar-refractivity contribution in [3.05, 3.63) is 39.3 Å². The number of hydrogen-bond donors (Lipinski definition) is 1. The summed E-state index contributed by atoms with van der Waals surface area (Å²) < 4.78 is 0. The zero-order chi connectivity index (χ0) is 17.6. The summed E-state index contributed by atoms with van der Waals surface area (Å²) in [5.74, 6) is 0.976. The Morgan fingerprint density at radius 2 is 1.76 bits per heavy atom. The molecule has 1 aliphatic carbocycles. The van der Waals surface area contributed by atoms with Gasteiger partial charge in [0.05, 0.1) is 5.39 Å². The molecule has 0 amide bonds. The van der Waals surface area contributed by atoms with Crippen LogP contribution >= 0.6 is 23.1 Å². The highest BCUT2D eigenvalue weighted by Gasteiger charge is 2.21. The van der Waals surface area contributed by atoms with Crippen LogP contribution in [0, 0.1) is 20.8 Å². The quantitative estimate of drug-likeness (QED) is 0.456. The number of thiophene rings is 1. The SMILES string of the molecule is CSc1nc(Nc2c(C)cc(C)cc2C)c2c3c(sc2n1)CCCC3. The predicted octanol–water partition coefficient (Wildman–Crippen LogP) is 5.96. The Bertz CT molecular complexity index is 936. The van der Waals surface area contributed by atoms with Gasteiger partial charge in [0.15, 0.2) is 5.16 Å². The van der Waals surface area contributed by atoms with Crippen LogP contribution in [0.5, 0.6) is 0 Å². The van der Waals surface area contributed by atoms with Crippen molar-refractivity contribution in [1.29, 1.82) is 0 Å². The van der Waals surface area contributed by atoms with Gasteiger partial charge in [0, 0.05) is 10.6 Å². The van der Waals surface area contributed by atoms with Gasteiger partial charge in [-0.3, -0.25) is 0 Å². The Balaban J connectivity index is 1.90. The Hall–Kier alpha value is -1.59. The standard InChI is InChI=1S/C20H23N3S2/c1-11-9-12(2)17(13(3)10-11)21-18-16-14-7-5-6-8-15(14)25-19(16)23-20(22-18)24-4/h9-10H,5-8H2,1-4H3,(H,21,22,23). The predicted molar refractivity (Wildman–Crippen MR) is 110 cm³/mol. The van der Waals surface area contributed by atoms with Crippen LogP contribution in [-0.4, -0.2) is 16.2 Å². The lowest BCUT2D eigenvalue weighted by Crippen LogP contribution is -2.04. The van der Waals surface area contributed by atoms with Gasteiger partial charge in [0.25, 0.3) is 0 Å². The van der Waals surface area contributed by atoms with Crippen molar-refractivity contribution < 1.29 is 0 Å². The lowest BCUT2D eigenvalue weighted by molar-refractivity contribution is 0.700. The highest BCUT2D eigenvalue weighted by Crippen LogP contribution is 2.40. The molecule has 1 N–H and O–H groups in total. The summed E-state index contributed by atoms with van der Waals surface area (Å²) >= 11 is 3.47. The van der Waals surface area contributed by atoms with Gasteiger partial charge >= 0.3 is 0 Å². The van der Waals surface area contributed by atoms with Crippen molar-refractivity contribution in [2.45, 2.75) is 51.6 Å². The first-order valence-corrected chi connectivity index (χ1v) is 10.8. The summed E-state index contributed by atoms with van der Waals surface area (Å²) in [4.78, 5) is 12.3. The molecule has 0 saturated carbocycles. The van der Waals surface area contributed by atoms with Crippen LogP contribution in [0.2, 0.25) is 0 Å². The van der Waals surface area contributed by atoms with Crippen molar-refractivity contribution in [1.82, 2.24) is 9.97 Å². The maximum atomic E-state index is 4.85. The molecule has 0 saturated heterocycles. The minimum absolute atomic E-state index is 0.844. The minimum atomic E-state index is 0.844. The first kappa shape index (κ1) is 16.9. The monoisotopic (exact) mass is 369 g/mol. The van der Waals surface area contributed by atoms with Crippen molar-refractivity contribution in [2.24, 2.45) is 0 Å². The second-order valence-electron chi connectivity index (χ2n) is 6.85. The number of anilines is 2. The van der Waals surface area contributed by atoms with E-state index in [1.807, 2.05) is 17.6 Å². The molecule has 2 heterocycles. The van der Waals surface area contributed by atoms with Gasteiger partial charge in [-0.2, -0.15) is 0 Å². The van der Waals surface area contributed by atoms with Crippen LogP contribution < -0.4 is 5.32 Å². The number of nitrogens with one attached hydrogen (secondary N) is 1. The molecule has 3 nitrogen and oxygen atoms in total. The van der Waals surface area contributed by atoms with E-state index in [2.05, 4.69) is 38.2 Å². The molecule has 0 spiro atoms. The topological polar surface area (TPSA) is 37.8 Å². The van der Waals surface area contributed by atoms with Crippen molar-refractivity contribution >= 4 is 44.8 Å². The summed E-state index contributed by atoms with van der Waals surface area (Å²) in [7, 11) is 0. The third-order valence-electron chi connectivity index (χ3n) is 4.90. The maximum absolute atomic E-state index is 4.85. The number of benzene rings is 1. The molecule has 0 atom stereocenters. The maximum Gasteiger partial charge on any atom is 0.190 e. The van der Waals surface area contributed by atoms with E-state index in [0.717, 1.165) is 22.2 Å². The van der Waals surface area contributed by atoms with Crippen LogP contribution in [0.15, 0.2) is 17.3 Å². The van der Waals surface area contributed by atoms with Gasteiger partial charge in [0.1, 0.15) is 10.6 Å². The largest absolute Gasteiger partial charge is 0.339 e. The highest BCUT2D eigenvalue weighted by atomic mass is 32.2. The summed E-state index contributed by atoms with van der Waals surface area (Å²) in [5, 5.41) is 5.75. The van der Waals surface area contributed by atoms with Crippen LogP contribution in [0.3, 0.4) is 0 Å². The molecule has 0 aliphatic heterocycles. The summed E-state index contributed by atoms with van der Waals surface area (Å²) in [5.41, 5.74) is 6.47. The van der Waals surface area contributed by atoms with Gasteiger partial charge in [-0.1, -0.05) is 29.5 Å². The molecule has 5 heteroatoms. The fourth-order valence-corrected chi connectivity index (χ4v) is 5.50. The molecule has 0 fully saturated rings.